The number of hydrogen-bond donors (Lipinski definition) is 1. The minimum Gasteiger partial charge on any atom is -0.336 e. The zero-order valence-corrected chi connectivity index (χ0v) is 10.4. The molecule has 0 saturated heterocycles. The van der Waals surface area contributed by atoms with Gasteiger partial charge < -0.3 is 4.90 Å². The summed E-state index contributed by atoms with van der Waals surface area (Å²) < 4.78 is 0. The fourth-order valence-corrected chi connectivity index (χ4v) is 2.00. The van der Waals surface area contributed by atoms with E-state index in [1.54, 1.807) is 0 Å². The lowest BCUT2D eigenvalue weighted by Gasteiger charge is -2.21. The van der Waals surface area contributed by atoms with Gasteiger partial charge >= 0.3 is 0 Å². The van der Waals surface area contributed by atoms with E-state index in [4.69, 9.17) is 0 Å². The van der Waals surface area contributed by atoms with Gasteiger partial charge in [0.05, 0.1) is 0 Å². The van der Waals surface area contributed by atoms with Crippen molar-refractivity contribution >= 4 is 18.5 Å². The predicted octanol–water partition coefficient (Wildman–Crippen LogP) is 2.99. The summed E-state index contributed by atoms with van der Waals surface area (Å²) in [5.74, 6) is 0.165. The standard InChI is InChI=1S/C13H17NOS/c1-2-9-14(11-5-6-11)13(15)10-3-7-12(16)8-4-10/h3-4,7-8,11,16H,2,5-6,9H2,1H3. The number of carbonyl (C=O) groups excluding carboxylic acids is 1. The van der Waals surface area contributed by atoms with Crippen molar-refractivity contribution in [1.82, 2.24) is 4.90 Å². The molecule has 0 atom stereocenters. The molecule has 0 aliphatic heterocycles. The Hall–Kier alpha value is -0.960. The van der Waals surface area contributed by atoms with Gasteiger partial charge in [0.2, 0.25) is 0 Å². The summed E-state index contributed by atoms with van der Waals surface area (Å²) in [5.41, 5.74) is 0.776. The maximum absolute atomic E-state index is 12.2. The van der Waals surface area contributed by atoms with Gasteiger partial charge in [-0.15, -0.1) is 12.6 Å². The maximum atomic E-state index is 12.2. The molecule has 0 heterocycles. The molecule has 3 heteroatoms. The Bertz CT molecular complexity index is 370. The van der Waals surface area contributed by atoms with Gasteiger partial charge in [-0.3, -0.25) is 4.79 Å². The highest BCUT2D eigenvalue weighted by Crippen LogP contribution is 2.28. The van der Waals surface area contributed by atoms with Crippen LogP contribution in [-0.2, 0) is 0 Å². The molecule has 2 nitrogen and oxygen atoms in total. The summed E-state index contributed by atoms with van der Waals surface area (Å²) in [5, 5.41) is 0. The number of hydrogen-bond acceptors (Lipinski definition) is 2. The van der Waals surface area contributed by atoms with Crippen molar-refractivity contribution in [3.8, 4) is 0 Å². The number of amides is 1. The molecular weight excluding hydrogens is 218 g/mol. The first-order valence-electron chi connectivity index (χ1n) is 5.82. The monoisotopic (exact) mass is 235 g/mol. The SMILES string of the molecule is CCCN(C(=O)c1ccc(S)cc1)C1CC1. The smallest absolute Gasteiger partial charge is 0.254 e. The Balaban J connectivity index is 2.12. The Morgan fingerprint density at radius 2 is 2.00 bits per heavy atom. The van der Waals surface area contributed by atoms with Crippen LogP contribution in [0.4, 0.5) is 0 Å². The zero-order valence-electron chi connectivity index (χ0n) is 9.52. The second kappa shape index (κ2) is 4.91. The minimum absolute atomic E-state index is 0.165. The molecule has 86 valence electrons. The highest BCUT2D eigenvalue weighted by molar-refractivity contribution is 7.80. The molecule has 2 rings (SSSR count). The third kappa shape index (κ3) is 2.59. The molecule has 0 aromatic heterocycles. The summed E-state index contributed by atoms with van der Waals surface area (Å²) in [6, 6.07) is 7.94. The lowest BCUT2D eigenvalue weighted by atomic mass is 10.2. The van der Waals surface area contributed by atoms with Crippen LogP contribution < -0.4 is 0 Å². The van der Waals surface area contributed by atoms with Crippen molar-refractivity contribution < 1.29 is 4.79 Å². The molecule has 1 aromatic rings. The first-order chi connectivity index (χ1) is 7.72. The van der Waals surface area contributed by atoms with Crippen LogP contribution in [0.25, 0.3) is 0 Å². The van der Waals surface area contributed by atoms with Gasteiger partial charge in [0, 0.05) is 23.0 Å². The van der Waals surface area contributed by atoms with Crippen molar-refractivity contribution in [2.45, 2.75) is 37.1 Å². The van der Waals surface area contributed by atoms with Crippen molar-refractivity contribution in [3.63, 3.8) is 0 Å². The van der Waals surface area contributed by atoms with Crippen LogP contribution >= 0.6 is 12.6 Å². The molecule has 1 amide bonds. The van der Waals surface area contributed by atoms with E-state index in [1.807, 2.05) is 29.2 Å². The molecule has 1 aromatic carbocycles. The molecule has 1 saturated carbocycles. The van der Waals surface area contributed by atoms with Crippen LogP contribution in [0.15, 0.2) is 29.2 Å². The molecule has 16 heavy (non-hydrogen) atoms. The zero-order chi connectivity index (χ0) is 11.5. The van der Waals surface area contributed by atoms with E-state index in [0.717, 1.165) is 36.3 Å². The van der Waals surface area contributed by atoms with Gasteiger partial charge in [-0.05, 0) is 43.5 Å². The lowest BCUT2D eigenvalue weighted by Crippen LogP contribution is -2.33. The molecule has 0 spiro atoms. The fourth-order valence-electron chi connectivity index (χ4n) is 1.85. The average Bonchev–Trinajstić information content (AvgIpc) is 3.10. The summed E-state index contributed by atoms with van der Waals surface area (Å²) in [4.78, 5) is 15.1. The number of nitrogens with zero attached hydrogens (tertiary/aromatic N) is 1. The van der Waals surface area contributed by atoms with E-state index in [2.05, 4.69) is 19.6 Å². The first-order valence-corrected chi connectivity index (χ1v) is 6.27. The second-order valence-corrected chi connectivity index (χ2v) is 4.79. The summed E-state index contributed by atoms with van der Waals surface area (Å²) in [7, 11) is 0. The quantitative estimate of drug-likeness (QED) is 0.795. The maximum Gasteiger partial charge on any atom is 0.254 e. The summed E-state index contributed by atoms with van der Waals surface area (Å²) >= 11 is 4.22. The highest BCUT2D eigenvalue weighted by Gasteiger charge is 2.32. The number of rotatable bonds is 4. The van der Waals surface area contributed by atoms with Crippen LogP contribution in [0.5, 0.6) is 0 Å². The van der Waals surface area contributed by atoms with E-state index in [-0.39, 0.29) is 5.91 Å². The molecule has 1 aliphatic rings. The average molecular weight is 235 g/mol. The number of benzene rings is 1. The van der Waals surface area contributed by atoms with Crippen molar-refractivity contribution in [3.05, 3.63) is 29.8 Å². The second-order valence-electron chi connectivity index (χ2n) is 4.28. The Labute approximate surface area is 102 Å². The Morgan fingerprint density at radius 1 is 1.38 bits per heavy atom. The van der Waals surface area contributed by atoms with Gasteiger partial charge in [-0.2, -0.15) is 0 Å². The van der Waals surface area contributed by atoms with E-state index in [0.29, 0.717) is 6.04 Å². The van der Waals surface area contributed by atoms with E-state index >= 15 is 0 Å². The van der Waals surface area contributed by atoms with E-state index in [1.165, 1.54) is 0 Å². The van der Waals surface area contributed by atoms with Crippen LogP contribution in [-0.4, -0.2) is 23.4 Å². The van der Waals surface area contributed by atoms with Crippen molar-refractivity contribution in [1.29, 1.82) is 0 Å². The Kier molecular flexibility index (Phi) is 3.54. The minimum atomic E-state index is 0.165. The largest absolute Gasteiger partial charge is 0.336 e. The van der Waals surface area contributed by atoms with Gasteiger partial charge in [0.1, 0.15) is 0 Å². The molecule has 1 fully saturated rings. The molecule has 0 unspecified atom stereocenters. The number of carbonyl (C=O) groups is 1. The lowest BCUT2D eigenvalue weighted by molar-refractivity contribution is 0.0743. The molecule has 1 aliphatic carbocycles. The molecule has 0 bridgehead atoms. The van der Waals surface area contributed by atoms with Gasteiger partial charge in [0.15, 0.2) is 0 Å². The van der Waals surface area contributed by atoms with Crippen molar-refractivity contribution in [2.75, 3.05) is 6.54 Å². The molecule has 0 radical (unpaired) electrons. The predicted molar refractivity (Wildman–Crippen MR) is 68.0 cm³/mol. The van der Waals surface area contributed by atoms with Gasteiger partial charge in [-0.1, -0.05) is 6.92 Å². The third-order valence-corrected chi connectivity index (χ3v) is 3.13. The van der Waals surface area contributed by atoms with Crippen molar-refractivity contribution in [2.24, 2.45) is 0 Å². The fraction of sp³-hybridized carbons (Fsp3) is 0.462. The van der Waals surface area contributed by atoms with E-state index < -0.39 is 0 Å². The van der Waals surface area contributed by atoms with Gasteiger partial charge in [-0.25, -0.2) is 0 Å². The van der Waals surface area contributed by atoms with Gasteiger partial charge in [0.25, 0.3) is 5.91 Å². The topological polar surface area (TPSA) is 20.3 Å². The number of thiol groups is 1. The molecular formula is C13H17NOS. The summed E-state index contributed by atoms with van der Waals surface area (Å²) in [6.07, 6.45) is 3.35. The van der Waals surface area contributed by atoms with Crippen LogP contribution in [0.1, 0.15) is 36.5 Å². The molecule has 0 N–H and O–H groups in total. The van der Waals surface area contributed by atoms with E-state index in [9.17, 15) is 4.79 Å². The highest BCUT2D eigenvalue weighted by atomic mass is 32.1. The third-order valence-electron chi connectivity index (χ3n) is 2.83. The van der Waals surface area contributed by atoms with Crippen LogP contribution in [0, 0.1) is 0 Å². The summed E-state index contributed by atoms with van der Waals surface area (Å²) in [6.45, 7) is 2.98. The van der Waals surface area contributed by atoms with Crippen LogP contribution in [0.2, 0.25) is 0 Å². The normalized spacial score (nSPS) is 14.9. The van der Waals surface area contributed by atoms with Crippen LogP contribution in [0.3, 0.4) is 0 Å². The first kappa shape index (κ1) is 11.5. The Morgan fingerprint density at radius 3 is 2.50 bits per heavy atom.